The topological polar surface area (TPSA) is 33.5 Å². The van der Waals surface area contributed by atoms with E-state index in [1.807, 2.05) is 7.05 Å². The fourth-order valence-electron chi connectivity index (χ4n) is 1.68. The fourth-order valence-corrected chi connectivity index (χ4v) is 2.09. The second-order valence-corrected chi connectivity index (χ2v) is 5.22. The lowest BCUT2D eigenvalue weighted by Crippen LogP contribution is -2.35. The molecule has 1 unspecified atom stereocenters. The molecule has 0 saturated heterocycles. The van der Waals surface area contributed by atoms with Gasteiger partial charge in [0.25, 0.3) is 5.91 Å². The molecule has 1 amide bonds. The molecular formula is C12H18BrNO2. The molecule has 0 radical (unpaired) electrons. The van der Waals surface area contributed by atoms with Gasteiger partial charge in [-0.1, -0.05) is 13.8 Å². The Morgan fingerprint density at radius 2 is 2.12 bits per heavy atom. The van der Waals surface area contributed by atoms with Gasteiger partial charge in [-0.15, -0.1) is 0 Å². The molecular weight excluding hydrogens is 270 g/mol. The number of furan rings is 1. The van der Waals surface area contributed by atoms with Gasteiger partial charge in [0, 0.05) is 13.1 Å². The third-order valence-electron chi connectivity index (χ3n) is 2.64. The van der Waals surface area contributed by atoms with E-state index in [4.69, 9.17) is 4.42 Å². The van der Waals surface area contributed by atoms with E-state index in [-0.39, 0.29) is 11.9 Å². The van der Waals surface area contributed by atoms with Crippen LogP contribution in [0.5, 0.6) is 0 Å². The molecule has 4 heteroatoms. The lowest BCUT2D eigenvalue weighted by Gasteiger charge is -2.26. The Morgan fingerprint density at radius 1 is 1.50 bits per heavy atom. The fraction of sp³-hybridized carbons (Fsp3) is 0.583. The minimum Gasteiger partial charge on any atom is -0.457 e. The van der Waals surface area contributed by atoms with E-state index in [0.29, 0.717) is 16.2 Å². The highest BCUT2D eigenvalue weighted by Gasteiger charge is 2.21. The Balaban J connectivity index is 2.71. The molecule has 1 aromatic heterocycles. The van der Waals surface area contributed by atoms with Gasteiger partial charge in [0.05, 0.1) is 11.8 Å². The lowest BCUT2D eigenvalue weighted by atomic mass is 10.0. The Labute approximate surface area is 105 Å². The van der Waals surface area contributed by atoms with Crippen molar-refractivity contribution in [2.75, 3.05) is 7.05 Å². The molecule has 3 nitrogen and oxygen atoms in total. The van der Waals surface area contributed by atoms with Crippen LogP contribution in [0.1, 0.15) is 37.6 Å². The summed E-state index contributed by atoms with van der Waals surface area (Å²) in [5, 5.41) is 0. The first-order chi connectivity index (χ1) is 7.43. The summed E-state index contributed by atoms with van der Waals surface area (Å²) in [6.45, 7) is 6.37. The summed E-state index contributed by atoms with van der Waals surface area (Å²) in [6.07, 6.45) is 2.51. The minimum absolute atomic E-state index is 0.00576. The molecule has 0 aliphatic heterocycles. The summed E-state index contributed by atoms with van der Waals surface area (Å²) >= 11 is 3.22. The average Bonchev–Trinajstić information content (AvgIpc) is 2.61. The smallest absolute Gasteiger partial charge is 0.258 e. The molecule has 0 aromatic carbocycles. The van der Waals surface area contributed by atoms with Crippen LogP contribution >= 0.6 is 15.9 Å². The highest BCUT2D eigenvalue weighted by atomic mass is 79.9. The van der Waals surface area contributed by atoms with Gasteiger partial charge >= 0.3 is 0 Å². The standard InChI is InChI=1S/C12H18BrNO2/c1-8(2)7-9(3)14(4)12(15)10-5-6-16-11(10)13/h5-6,8-9H,7H2,1-4H3. The van der Waals surface area contributed by atoms with Crippen molar-refractivity contribution in [2.45, 2.75) is 33.2 Å². The lowest BCUT2D eigenvalue weighted by molar-refractivity contribution is 0.0726. The number of amides is 1. The quantitative estimate of drug-likeness (QED) is 0.849. The van der Waals surface area contributed by atoms with E-state index >= 15 is 0 Å². The number of halogens is 1. The molecule has 90 valence electrons. The van der Waals surface area contributed by atoms with Crippen LogP contribution in [-0.2, 0) is 0 Å². The second-order valence-electron chi connectivity index (χ2n) is 4.50. The summed E-state index contributed by atoms with van der Waals surface area (Å²) in [5.74, 6) is 0.576. The third-order valence-corrected chi connectivity index (χ3v) is 3.26. The predicted octanol–water partition coefficient (Wildman–Crippen LogP) is 3.55. The van der Waals surface area contributed by atoms with Gasteiger partial charge in [-0.25, -0.2) is 0 Å². The van der Waals surface area contributed by atoms with Gasteiger partial charge in [0.15, 0.2) is 4.67 Å². The van der Waals surface area contributed by atoms with Crippen LogP contribution in [-0.4, -0.2) is 23.9 Å². The number of rotatable bonds is 4. The molecule has 0 fully saturated rings. The number of hydrogen-bond donors (Lipinski definition) is 0. The molecule has 0 spiro atoms. The number of hydrogen-bond acceptors (Lipinski definition) is 2. The molecule has 1 rings (SSSR count). The van der Waals surface area contributed by atoms with E-state index in [2.05, 4.69) is 36.7 Å². The molecule has 0 saturated carbocycles. The maximum atomic E-state index is 12.1. The van der Waals surface area contributed by atoms with Crippen molar-refractivity contribution in [3.05, 3.63) is 22.6 Å². The molecule has 1 heterocycles. The first kappa shape index (κ1) is 13.3. The zero-order chi connectivity index (χ0) is 12.3. The number of carbonyl (C=O) groups is 1. The zero-order valence-corrected chi connectivity index (χ0v) is 11.7. The molecule has 16 heavy (non-hydrogen) atoms. The molecule has 0 aliphatic carbocycles. The average molecular weight is 288 g/mol. The first-order valence-corrected chi connectivity index (χ1v) is 6.23. The van der Waals surface area contributed by atoms with Crippen LogP contribution in [0.25, 0.3) is 0 Å². The van der Waals surface area contributed by atoms with Crippen molar-refractivity contribution in [3.8, 4) is 0 Å². The van der Waals surface area contributed by atoms with Crippen molar-refractivity contribution in [3.63, 3.8) is 0 Å². The van der Waals surface area contributed by atoms with E-state index in [0.717, 1.165) is 6.42 Å². The van der Waals surface area contributed by atoms with Gasteiger partial charge in [-0.05, 0) is 41.3 Å². The van der Waals surface area contributed by atoms with E-state index in [9.17, 15) is 4.79 Å². The van der Waals surface area contributed by atoms with Crippen LogP contribution in [0.15, 0.2) is 21.4 Å². The third kappa shape index (κ3) is 3.11. The van der Waals surface area contributed by atoms with Crippen molar-refractivity contribution in [1.82, 2.24) is 4.90 Å². The Kier molecular flexibility index (Phi) is 4.59. The van der Waals surface area contributed by atoms with Crippen LogP contribution in [0, 0.1) is 5.92 Å². The maximum Gasteiger partial charge on any atom is 0.258 e. The largest absolute Gasteiger partial charge is 0.457 e. The Hall–Kier alpha value is -0.770. The van der Waals surface area contributed by atoms with Crippen molar-refractivity contribution in [2.24, 2.45) is 5.92 Å². The van der Waals surface area contributed by atoms with Crippen LogP contribution < -0.4 is 0 Å². The molecule has 0 bridgehead atoms. The summed E-state index contributed by atoms with van der Waals surface area (Å²) in [7, 11) is 1.83. The molecule has 1 aromatic rings. The first-order valence-electron chi connectivity index (χ1n) is 5.43. The highest BCUT2D eigenvalue weighted by molar-refractivity contribution is 9.10. The highest BCUT2D eigenvalue weighted by Crippen LogP contribution is 2.21. The van der Waals surface area contributed by atoms with Crippen molar-refractivity contribution >= 4 is 21.8 Å². The summed E-state index contributed by atoms with van der Waals surface area (Å²) < 4.78 is 5.57. The summed E-state index contributed by atoms with van der Waals surface area (Å²) in [4.78, 5) is 13.8. The summed E-state index contributed by atoms with van der Waals surface area (Å²) in [6, 6.07) is 1.92. The normalized spacial score (nSPS) is 12.9. The van der Waals surface area contributed by atoms with Crippen molar-refractivity contribution in [1.29, 1.82) is 0 Å². The Morgan fingerprint density at radius 3 is 2.56 bits per heavy atom. The molecule has 0 N–H and O–H groups in total. The number of nitrogens with zero attached hydrogens (tertiary/aromatic N) is 1. The van der Waals surface area contributed by atoms with E-state index in [1.54, 1.807) is 11.0 Å². The van der Waals surface area contributed by atoms with E-state index < -0.39 is 0 Å². The van der Waals surface area contributed by atoms with Crippen LogP contribution in [0.4, 0.5) is 0 Å². The van der Waals surface area contributed by atoms with Gasteiger partial charge in [-0.2, -0.15) is 0 Å². The van der Waals surface area contributed by atoms with Gasteiger partial charge in [0.2, 0.25) is 0 Å². The van der Waals surface area contributed by atoms with Crippen molar-refractivity contribution < 1.29 is 9.21 Å². The monoisotopic (exact) mass is 287 g/mol. The molecule has 0 aliphatic rings. The summed E-state index contributed by atoms with van der Waals surface area (Å²) in [5.41, 5.74) is 0.582. The van der Waals surface area contributed by atoms with Gasteiger partial charge in [-0.3, -0.25) is 4.79 Å². The minimum atomic E-state index is -0.00576. The second kappa shape index (κ2) is 5.53. The van der Waals surface area contributed by atoms with Crippen LogP contribution in [0.3, 0.4) is 0 Å². The molecule has 1 atom stereocenters. The SMILES string of the molecule is CC(C)CC(C)N(C)C(=O)c1ccoc1Br. The Bertz CT molecular complexity index is 360. The zero-order valence-electron chi connectivity index (χ0n) is 10.2. The van der Waals surface area contributed by atoms with Gasteiger partial charge in [0.1, 0.15) is 0 Å². The number of carbonyl (C=O) groups excluding carboxylic acids is 1. The van der Waals surface area contributed by atoms with Gasteiger partial charge < -0.3 is 9.32 Å². The predicted molar refractivity (Wildman–Crippen MR) is 67.4 cm³/mol. The maximum absolute atomic E-state index is 12.1. The van der Waals surface area contributed by atoms with Crippen LogP contribution in [0.2, 0.25) is 0 Å². The van der Waals surface area contributed by atoms with E-state index in [1.165, 1.54) is 6.26 Å².